The minimum atomic E-state index is -1.19. The van der Waals surface area contributed by atoms with Crippen LogP contribution in [0.25, 0.3) is 0 Å². The molecule has 98 valence electrons. The molecule has 0 amide bonds. The third-order valence-corrected chi connectivity index (χ3v) is 4.00. The van der Waals surface area contributed by atoms with Crippen LogP contribution in [0, 0.1) is 5.92 Å². The van der Waals surface area contributed by atoms with Crippen molar-refractivity contribution in [2.45, 2.75) is 24.4 Å². The molecule has 2 bridgehead atoms. The van der Waals surface area contributed by atoms with Crippen molar-refractivity contribution in [3.05, 3.63) is 42.2 Å². The van der Waals surface area contributed by atoms with Gasteiger partial charge in [0.25, 0.3) is 0 Å². The zero-order valence-electron chi connectivity index (χ0n) is 10.3. The second-order valence-electron chi connectivity index (χ2n) is 5.20. The summed E-state index contributed by atoms with van der Waals surface area (Å²) in [4.78, 5) is 28.1. The third kappa shape index (κ3) is 1.62. The van der Waals surface area contributed by atoms with Gasteiger partial charge in [0, 0.05) is 12.2 Å². The Hall–Kier alpha value is -2.01. The predicted molar refractivity (Wildman–Crippen MR) is 67.7 cm³/mol. The molecule has 19 heavy (non-hydrogen) atoms. The Balaban J connectivity index is 1.99. The fourth-order valence-electron chi connectivity index (χ4n) is 3.18. The van der Waals surface area contributed by atoms with E-state index in [1.54, 1.807) is 18.2 Å². The molecule has 4 rings (SSSR count). The monoisotopic (exact) mass is 258 g/mol. The summed E-state index contributed by atoms with van der Waals surface area (Å²) in [7, 11) is 0. The molecule has 0 radical (unpaired) electrons. The van der Waals surface area contributed by atoms with Gasteiger partial charge < -0.3 is 5.11 Å². The number of ketones is 1. The maximum Gasteiger partial charge on any atom is 0.325 e. The summed E-state index contributed by atoms with van der Waals surface area (Å²) >= 11 is 0. The van der Waals surface area contributed by atoms with Gasteiger partial charge in [-0.15, -0.1) is 0 Å². The highest BCUT2D eigenvalue weighted by Gasteiger charge is 2.62. The maximum atomic E-state index is 12.5. The summed E-state index contributed by atoms with van der Waals surface area (Å²) in [6, 6.07) is 5.18. The van der Waals surface area contributed by atoms with Crippen LogP contribution in [-0.2, 0) is 4.79 Å². The molecule has 1 aromatic heterocycles. The number of Topliss-reactive ketones (excluding diaryl/α,β-unsaturated/α-hetero) is 1. The summed E-state index contributed by atoms with van der Waals surface area (Å²) in [6.45, 7) is 3.90. The molecule has 5 nitrogen and oxygen atoms in total. The van der Waals surface area contributed by atoms with E-state index in [2.05, 4.69) is 16.9 Å². The molecule has 0 spiro atoms. The van der Waals surface area contributed by atoms with Crippen LogP contribution in [-0.4, -0.2) is 33.4 Å². The van der Waals surface area contributed by atoms with E-state index in [0.717, 1.165) is 0 Å². The third-order valence-electron chi connectivity index (χ3n) is 4.00. The maximum absolute atomic E-state index is 12.5. The van der Waals surface area contributed by atoms with Crippen molar-refractivity contribution >= 4 is 11.8 Å². The number of carbonyl (C=O) groups is 2. The van der Waals surface area contributed by atoms with Crippen molar-refractivity contribution in [2.24, 2.45) is 5.92 Å². The predicted octanol–water partition coefficient (Wildman–Crippen LogP) is 1.03. The first-order valence-electron chi connectivity index (χ1n) is 6.18. The number of aromatic nitrogens is 1. The summed E-state index contributed by atoms with van der Waals surface area (Å²) in [5.74, 6) is -1.98. The Morgan fingerprint density at radius 3 is 2.79 bits per heavy atom. The number of aliphatic carboxylic acids is 1. The number of pyridine rings is 1. The Morgan fingerprint density at radius 1 is 1.47 bits per heavy atom. The van der Waals surface area contributed by atoms with Crippen molar-refractivity contribution < 1.29 is 14.7 Å². The van der Waals surface area contributed by atoms with Gasteiger partial charge in [-0.25, -0.2) is 0 Å². The van der Waals surface area contributed by atoms with E-state index in [1.807, 2.05) is 0 Å². The van der Waals surface area contributed by atoms with Gasteiger partial charge in [-0.05, 0) is 25.0 Å². The number of nitrogens with one attached hydrogen (secondary N) is 1. The number of rotatable bonds is 3. The Labute approximate surface area is 110 Å². The smallest absolute Gasteiger partial charge is 0.325 e. The van der Waals surface area contributed by atoms with Crippen molar-refractivity contribution in [3.8, 4) is 0 Å². The summed E-state index contributed by atoms with van der Waals surface area (Å²) in [5.41, 5.74) is -0.205. The van der Waals surface area contributed by atoms with Gasteiger partial charge in [0.05, 0.1) is 5.92 Å². The Kier molecular flexibility index (Phi) is 2.53. The Morgan fingerprint density at radius 2 is 2.21 bits per heavy atom. The van der Waals surface area contributed by atoms with Gasteiger partial charge in [-0.3, -0.25) is 19.9 Å². The molecule has 3 unspecified atom stereocenters. The summed E-state index contributed by atoms with van der Waals surface area (Å²) in [5, 5.41) is 12.5. The molecule has 1 saturated carbocycles. The molecule has 3 aliphatic rings. The topological polar surface area (TPSA) is 79.3 Å². The average Bonchev–Trinajstić information content (AvgIpc) is 2.36. The van der Waals surface area contributed by atoms with Gasteiger partial charge in [-0.2, -0.15) is 0 Å². The van der Waals surface area contributed by atoms with E-state index in [4.69, 9.17) is 0 Å². The lowest BCUT2D eigenvalue weighted by Gasteiger charge is -2.55. The fourth-order valence-corrected chi connectivity index (χ4v) is 3.18. The number of hydrogen-bond acceptors (Lipinski definition) is 4. The van der Waals surface area contributed by atoms with E-state index in [1.165, 1.54) is 6.20 Å². The van der Waals surface area contributed by atoms with Gasteiger partial charge >= 0.3 is 5.97 Å². The minimum Gasteiger partial charge on any atom is -0.480 e. The number of hydrogen-bond donors (Lipinski definition) is 2. The highest BCUT2D eigenvalue weighted by atomic mass is 16.4. The lowest BCUT2D eigenvalue weighted by molar-refractivity contribution is -0.154. The zero-order valence-corrected chi connectivity index (χ0v) is 10.3. The SMILES string of the molecule is C=C1CC2CC(C(=O)O)(N2)C1C(=O)c1ccccn1. The molecular formula is C14H14N2O3. The number of nitrogens with zero attached hydrogens (tertiary/aromatic N) is 1. The number of carboxylic acid groups (broad SMARTS) is 1. The zero-order chi connectivity index (χ0) is 13.6. The lowest BCUT2D eigenvalue weighted by atomic mass is 9.60. The lowest BCUT2D eigenvalue weighted by Crippen LogP contribution is -2.76. The van der Waals surface area contributed by atoms with Crippen molar-refractivity contribution in [1.29, 1.82) is 0 Å². The minimum absolute atomic E-state index is 0.136. The molecule has 5 heteroatoms. The van der Waals surface area contributed by atoms with E-state index in [9.17, 15) is 14.7 Å². The molecule has 3 atom stereocenters. The first-order chi connectivity index (χ1) is 9.04. The van der Waals surface area contributed by atoms with E-state index in [0.29, 0.717) is 24.1 Å². The molecule has 0 aromatic carbocycles. The van der Waals surface area contributed by atoms with Crippen LogP contribution in [0.2, 0.25) is 0 Å². The van der Waals surface area contributed by atoms with E-state index >= 15 is 0 Å². The molecule has 3 heterocycles. The van der Waals surface area contributed by atoms with E-state index in [-0.39, 0.29) is 11.8 Å². The molecule has 1 aromatic rings. The van der Waals surface area contributed by atoms with Crippen LogP contribution in [0.15, 0.2) is 36.5 Å². The average molecular weight is 258 g/mol. The van der Waals surface area contributed by atoms with Crippen LogP contribution >= 0.6 is 0 Å². The normalized spacial score (nSPS) is 32.5. The highest BCUT2D eigenvalue weighted by molar-refractivity contribution is 6.03. The van der Waals surface area contributed by atoms with Crippen LogP contribution in [0.5, 0.6) is 0 Å². The fraction of sp³-hybridized carbons (Fsp3) is 0.357. The van der Waals surface area contributed by atoms with Gasteiger partial charge in [0.2, 0.25) is 0 Å². The molecule has 2 aliphatic heterocycles. The first-order valence-corrected chi connectivity index (χ1v) is 6.18. The summed E-state index contributed by atoms with van der Waals surface area (Å²) in [6.07, 6.45) is 2.66. The van der Waals surface area contributed by atoms with Crippen LogP contribution in [0.1, 0.15) is 23.3 Å². The standard InChI is InChI=1S/C14H14N2O3/c1-8-6-9-7-14(16-9,13(18)19)11(8)12(17)10-4-2-3-5-15-10/h2-5,9,11,16H,1,6-7H2,(H,18,19). The highest BCUT2D eigenvalue weighted by Crippen LogP contribution is 2.46. The van der Waals surface area contributed by atoms with Crippen molar-refractivity contribution in [1.82, 2.24) is 10.3 Å². The molecule has 2 saturated heterocycles. The van der Waals surface area contributed by atoms with E-state index < -0.39 is 17.4 Å². The first kappa shape index (κ1) is 12.0. The van der Waals surface area contributed by atoms with Crippen molar-refractivity contribution in [3.63, 3.8) is 0 Å². The quantitative estimate of drug-likeness (QED) is 0.625. The number of carbonyl (C=O) groups excluding carboxylic acids is 1. The summed E-state index contributed by atoms with van der Waals surface area (Å²) < 4.78 is 0. The molecule has 3 fully saturated rings. The second-order valence-corrected chi connectivity index (χ2v) is 5.20. The number of piperidine rings is 1. The van der Waals surface area contributed by atoms with Gasteiger partial charge in [0.1, 0.15) is 11.2 Å². The molecular weight excluding hydrogens is 244 g/mol. The van der Waals surface area contributed by atoms with Crippen molar-refractivity contribution in [2.75, 3.05) is 0 Å². The molecule has 1 aliphatic carbocycles. The largest absolute Gasteiger partial charge is 0.480 e. The van der Waals surface area contributed by atoms with Gasteiger partial charge in [0.15, 0.2) is 5.78 Å². The Bertz CT molecular complexity index is 561. The number of fused-ring (bicyclic) bond motifs is 2. The second kappa shape index (κ2) is 3.99. The van der Waals surface area contributed by atoms with Crippen LogP contribution < -0.4 is 5.32 Å². The van der Waals surface area contributed by atoms with Gasteiger partial charge in [-0.1, -0.05) is 18.2 Å². The van der Waals surface area contributed by atoms with Crippen LogP contribution in [0.3, 0.4) is 0 Å². The molecule has 2 N–H and O–H groups in total. The number of carboxylic acids is 1. The van der Waals surface area contributed by atoms with Crippen LogP contribution in [0.4, 0.5) is 0 Å².